The molecule has 1 unspecified atom stereocenters. The van der Waals surface area contributed by atoms with Crippen LogP contribution in [0.25, 0.3) is 0 Å². The molecule has 164 valence electrons. The van der Waals surface area contributed by atoms with E-state index in [-0.39, 0.29) is 30.1 Å². The average Bonchev–Trinajstić information content (AvgIpc) is 2.74. The standard InChI is InChI=1S/C22H37N5O.HI/c1-18-17-27(13-14-28-18)21-15-20(10-12-24-21)16-26-22(23-2)25-11-6-9-19-7-4-3-5-8-19;/h10,12,15,18-19H,3-9,11,13-14,16-17H2,1-2H3,(H2,23,25,26);1H. The van der Waals surface area contributed by atoms with Crippen LogP contribution in [-0.4, -0.2) is 50.3 Å². The molecular weight excluding hydrogens is 477 g/mol. The molecule has 0 radical (unpaired) electrons. The molecule has 1 saturated carbocycles. The van der Waals surface area contributed by atoms with Gasteiger partial charge in [0.15, 0.2) is 5.96 Å². The number of nitrogens with zero attached hydrogens (tertiary/aromatic N) is 3. The number of rotatable bonds is 7. The van der Waals surface area contributed by atoms with Crippen LogP contribution >= 0.6 is 24.0 Å². The van der Waals surface area contributed by atoms with Gasteiger partial charge in [-0.2, -0.15) is 0 Å². The highest BCUT2D eigenvalue weighted by molar-refractivity contribution is 14.0. The SMILES string of the molecule is CN=C(NCCCC1CCCCC1)NCc1ccnc(N2CCOC(C)C2)c1.I. The van der Waals surface area contributed by atoms with E-state index in [1.807, 2.05) is 13.2 Å². The highest BCUT2D eigenvalue weighted by atomic mass is 127. The number of hydrogen-bond donors (Lipinski definition) is 2. The number of halogens is 1. The molecule has 1 aromatic rings. The largest absolute Gasteiger partial charge is 0.375 e. The van der Waals surface area contributed by atoms with E-state index in [0.29, 0.717) is 0 Å². The van der Waals surface area contributed by atoms with Crippen molar-refractivity contribution >= 4 is 35.8 Å². The van der Waals surface area contributed by atoms with Crippen LogP contribution in [-0.2, 0) is 11.3 Å². The molecule has 1 aliphatic heterocycles. The molecule has 1 atom stereocenters. The van der Waals surface area contributed by atoms with E-state index >= 15 is 0 Å². The number of pyridine rings is 1. The van der Waals surface area contributed by atoms with E-state index in [1.54, 1.807) is 0 Å². The van der Waals surface area contributed by atoms with Gasteiger partial charge in [-0.1, -0.05) is 32.1 Å². The summed E-state index contributed by atoms with van der Waals surface area (Å²) >= 11 is 0. The molecule has 2 heterocycles. The first kappa shape index (κ1) is 24.2. The van der Waals surface area contributed by atoms with Crippen LogP contribution in [0.5, 0.6) is 0 Å². The number of guanidine groups is 1. The lowest BCUT2D eigenvalue weighted by Gasteiger charge is -2.32. The van der Waals surface area contributed by atoms with Gasteiger partial charge in [0.2, 0.25) is 0 Å². The summed E-state index contributed by atoms with van der Waals surface area (Å²) in [4.78, 5) is 11.2. The van der Waals surface area contributed by atoms with Crippen molar-refractivity contribution in [3.05, 3.63) is 23.9 Å². The Kier molecular flexibility index (Phi) is 11.1. The fourth-order valence-electron chi connectivity index (χ4n) is 4.25. The first-order chi connectivity index (χ1) is 13.7. The van der Waals surface area contributed by atoms with Crippen LogP contribution in [0, 0.1) is 5.92 Å². The van der Waals surface area contributed by atoms with Crippen LogP contribution in [0.1, 0.15) is 57.4 Å². The van der Waals surface area contributed by atoms with Crippen molar-refractivity contribution in [1.82, 2.24) is 15.6 Å². The lowest BCUT2D eigenvalue weighted by molar-refractivity contribution is 0.0529. The van der Waals surface area contributed by atoms with E-state index in [0.717, 1.165) is 50.5 Å². The monoisotopic (exact) mass is 515 g/mol. The van der Waals surface area contributed by atoms with Crippen molar-refractivity contribution in [3.8, 4) is 0 Å². The van der Waals surface area contributed by atoms with E-state index in [9.17, 15) is 0 Å². The second-order valence-corrected chi connectivity index (χ2v) is 8.15. The van der Waals surface area contributed by atoms with Crippen molar-refractivity contribution < 1.29 is 4.74 Å². The molecule has 7 heteroatoms. The summed E-state index contributed by atoms with van der Waals surface area (Å²) in [6.07, 6.45) is 11.9. The Labute approximate surface area is 193 Å². The van der Waals surface area contributed by atoms with Gasteiger partial charge in [-0.15, -0.1) is 24.0 Å². The smallest absolute Gasteiger partial charge is 0.191 e. The zero-order valence-corrected chi connectivity index (χ0v) is 20.4. The van der Waals surface area contributed by atoms with Crippen molar-refractivity contribution in [2.45, 2.75) is 64.5 Å². The number of nitrogens with one attached hydrogen (secondary N) is 2. The Hall–Kier alpha value is -1.09. The minimum Gasteiger partial charge on any atom is -0.375 e. The summed E-state index contributed by atoms with van der Waals surface area (Å²) in [6.45, 7) is 6.41. The minimum absolute atomic E-state index is 0. The maximum Gasteiger partial charge on any atom is 0.191 e. The first-order valence-electron chi connectivity index (χ1n) is 11.0. The van der Waals surface area contributed by atoms with E-state index in [1.165, 1.54) is 50.5 Å². The third kappa shape index (κ3) is 8.28. The number of anilines is 1. The third-order valence-corrected chi connectivity index (χ3v) is 5.86. The number of hydrogen-bond acceptors (Lipinski definition) is 4. The molecule has 0 spiro atoms. The minimum atomic E-state index is 0. The molecule has 1 aromatic heterocycles. The fourth-order valence-corrected chi connectivity index (χ4v) is 4.25. The Morgan fingerprint density at radius 1 is 1.28 bits per heavy atom. The summed E-state index contributed by atoms with van der Waals surface area (Å²) in [6, 6.07) is 4.23. The third-order valence-electron chi connectivity index (χ3n) is 5.86. The molecule has 29 heavy (non-hydrogen) atoms. The average molecular weight is 515 g/mol. The maximum absolute atomic E-state index is 5.63. The summed E-state index contributed by atoms with van der Waals surface area (Å²) in [5.74, 6) is 2.86. The number of aliphatic imine (C=N–C) groups is 1. The summed E-state index contributed by atoms with van der Waals surface area (Å²) in [7, 11) is 1.84. The predicted octanol–water partition coefficient (Wildman–Crippen LogP) is 3.95. The lowest BCUT2D eigenvalue weighted by atomic mass is 9.86. The van der Waals surface area contributed by atoms with Crippen molar-refractivity contribution in [2.24, 2.45) is 10.9 Å². The highest BCUT2D eigenvalue weighted by Crippen LogP contribution is 2.26. The summed E-state index contributed by atoms with van der Waals surface area (Å²) < 4.78 is 5.63. The van der Waals surface area contributed by atoms with Crippen LogP contribution in [0.3, 0.4) is 0 Å². The predicted molar refractivity (Wildman–Crippen MR) is 131 cm³/mol. The van der Waals surface area contributed by atoms with Gasteiger partial charge in [0, 0.05) is 39.4 Å². The topological polar surface area (TPSA) is 61.8 Å². The molecule has 3 rings (SSSR count). The molecule has 6 nitrogen and oxygen atoms in total. The molecule has 0 amide bonds. The van der Waals surface area contributed by atoms with Crippen LogP contribution in [0.4, 0.5) is 5.82 Å². The van der Waals surface area contributed by atoms with Gasteiger partial charge in [0.25, 0.3) is 0 Å². The lowest BCUT2D eigenvalue weighted by Crippen LogP contribution is -2.41. The number of morpholine rings is 1. The molecule has 0 aromatic carbocycles. The van der Waals surface area contributed by atoms with Gasteiger partial charge in [-0.3, -0.25) is 4.99 Å². The van der Waals surface area contributed by atoms with Gasteiger partial charge in [0.05, 0.1) is 12.7 Å². The number of aromatic nitrogens is 1. The van der Waals surface area contributed by atoms with Crippen LogP contribution in [0.2, 0.25) is 0 Å². The van der Waals surface area contributed by atoms with Crippen molar-refractivity contribution in [2.75, 3.05) is 38.2 Å². The summed E-state index contributed by atoms with van der Waals surface area (Å²) in [5.41, 5.74) is 1.22. The Morgan fingerprint density at radius 3 is 2.86 bits per heavy atom. The van der Waals surface area contributed by atoms with E-state index in [2.05, 4.69) is 44.6 Å². The summed E-state index contributed by atoms with van der Waals surface area (Å²) in [5, 5.41) is 6.89. The van der Waals surface area contributed by atoms with E-state index in [4.69, 9.17) is 4.74 Å². The maximum atomic E-state index is 5.63. The fraction of sp³-hybridized carbons (Fsp3) is 0.727. The zero-order chi connectivity index (χ0) is 19.6. The van der Waals surface area contributed by atoms with Crippen LogP contribution in [0.15, 0.2) is 23.3 Å². The van der Waals surface area contributed by atoms with Crippen LogP contribution < -0.4 is 15.5 Å². The van der Waals surface area contributed by atoms with Gasteiger partial charge < -0.3 is 20.3 Å². The van der Waals surface area contributed by atoms with Crippen molar-refractivity contribution in [3.63, 3.8) is 0 Å². The second-order valence-electron chi connectivity index (χ2n) is 8.15. The molecule has 2 fully saturated rings. The van der Waals surface area contributed by atoms with E-state index < -0.39 is 0 Å². The Bertz CT molecular complexity index is 621. The molecule has 2 N–H and O–H groups in total. The normalized spacial score (nSPS) is 20.8. The quantitative estimate of drug-likeness (QED) is 0.249. The van der Waals surface area contributed by atoms with Gasteiger partial charge in [-0.25, -0.2) is 4.98 Å². The molecule has 1 saturated heterocycles. The molecule has 2 aliphatic rings. The number of ether oxygens (including phenoxy) is 1. The second kappa shape index (κ2) is 13.3. The first-order valence-corrected chi connectivity index (χ1v) is 11.0. The zero-order valence-electron chi connectivity index (χ0n) is 18.0. The van der Waals surface area contributed by atoms with Gasteiger partial charge in [-0.05, 0) is 43.4 Å². The highest BCUT2D eigenvalue weighted by Gasteiger charge is 2.18. The molecule has 0 bridgehead atoms. The van der Waals surface area contributed by atoms with Crippen molar-refractivity contribution in [1.29, 1.82) is 0 Å². The van der Waals surface area contributed by atoms with Gasteiger partial charge in [0.1, 0.15) is 5.82 Å². The van der Waals surface area contributed by atoms with Gasteiger partial charge >= 0.3 is 0 Å². The molecule has 1 aliphatic carbocycles. The molecular formula is C22H38IN5O. The Morgan fingerprint density at radius 2 is 2.10 bits per heavy atom. The Balaban J connectivity index is 0.00000300.